The van der Waals surface area contributed by atoms with Gasteiger partial charge in [0.2, 0.25) is 0 Å². The number of hydrogen-bond acceptors (Lipinski definition) is 5. The van der Waals surface area contributed by atoms with E-state index < -0.39 is 23.8 Å². The van der Waals surface area contributed by atoms with Gasteiger partial charge >= 0.3 is 12.1 Å². The van der Waals surface area contributed by atoms with Gasteiger partial charge in [0.05, 0.1) is 6.54 Å². The minimum Gasteiger partial charge on any atom is -0.454 e. The van der Waals surface area contributed by atoms with Gasteiger partial charge in [-0.05, 0) is 30.3 Å². The lowest BCUT2D eigenvalue weighted by Crippen LogP contribution is -2.39. The van der Waals surface area contributed by atoms with Crippen molar-refractivity contribution in [1.82, 2.24) is 15.2 Å². The summed E-state index contributed by atoms with van der Waals surface area (Å²) in [7, 11) is 1.47. The summed E-state index contributed by atoms with van der Waals surface area (Å²) in [6, 6.07) is 14.7. The molecule has 0 radical (unpaired) electrons. The first-order valence-electron chi connectivity index (χ1n) is 10.1. The summed E-state index contributed by atoms with van der Waals surface area (Å²) in [5, 5.41) is 4.98. The van der Waals surface area contributed by atoms with Crippen LogP contribution in [-0.2, 0) is 0 Å². The van der Waals surface area contributed by atoms with Crippen molar-refractivity contribution in [2.24, 2.45) is 0 Å². The highest BCUT2D eigenvalue weighted by molar-refractivity contribution is 6.08. The normalized spacial score (nSPS) is 13.1. The number of aromatic nitrogens is 1. The van der Waals surface area contributed by atoms with Crippen LogP contribution in [0.2, 0.25) is 0 Å². The molecule has 1 saturated heterocycles. The molecule has 3 aromatic rings. The Morgan fingerprint density at radius 2 is 1.85 bits per heavy atom. The average Bonchev–Trinajstić information content (AvgIpc) is 3.22. The summed E-state index contributed by atoms with van der Waals surface area (Å²) in [6.45, 7) is 0.570. The van der Waals surface area contributed by atoms with Gasteiger partial charge in [-0.3, -0.25) is 14.7 Å². The van der Waals surface area contributed by atoms with Gasteiger partial charge in [-0.25, -0.2) is 18.9 Å². The molecular formula is C23H20FN5O4. The Kier molecular flexibility index (Phi) is 6.16. The number of urea groups is 2. The van der Waals surface area contributed by atoms with E-state index in [2.05, 4.69) is 15.6 Å². The molecule has 168 valence electrons. The second-order valence-corrected chi connectivity index (χ2v) is 7.05. The number of nitrogens with zero attached hydrogens (tertiary/aromatic N) is 3. The number of hydrogen-bond donors (Lipinski definition) is 2. The van der Waals surface area contributed by atoms with E-state index in [0.717, 1.165) is 11.0 Å². The maximum Gasteiger partial charge on any atom is 0.332 e. The number of anilines is 2. The molecule has 5 amide bonds. The van der Waals surface area contributed by atoms with E-state index in [1.807, 2.05) is 18.2 Å². The van der Waals surface area contributed by atoms with Crippen LogP contribution in [0.1, 0.15) is 10.5 Å². The summed E-state index contributed by atoms with van der Waals surface area (Å²) in [5.74, 6) is -1.01. The first kappa shape index (κ1) is 21.8. The van der Waals surface area contributed by atoms with Gasteiger partial charge in [0.25, 0.3) is 5.91 Å². The number of rotatable bonds is 5. The Balaban J connectivity index is 1.42. The fourth-order valence-corrected chi connectivity index (χ4v) is 3.28. The quantitative estimate of drug-likeness (QED) is 0.616. The maximum absolute atomic E-state index is 14.6. The predicted molar refractivity (Wildman–Crippen MR) is 119 cm³/mol. The first-order valence-corrected chi connectivity index (χ1v) is 10.1. The van der Waals surface area contributed by atoms with Crippen molar-refractivity contribution in [1.29, 1.82) is 0 Å². The van der Waals surface area contributed by atoms with E-state index in [1.165, 1.54) is 42.4 Å². The molecule has 1 aliphatic rings. The van der Waals surface area contributed by atoms with Crippen molar-refractivity contribution in [2.45, 2.75) is 0 Å². The third-order valence-electron chi connectivity index (χ3n) is 4.92. The van der Waals surface area contributed by atoms with E-state index in [4.69, 9.17) is 4.74 Å². The molecule has 33 heavy (non-hydrogen) atoms. The SMILES string of the molecule is CNC(=O)c1cc(Oc2ccc(NC(=O)N3CCN(c4ccccc4)C3=O)cc2F)ccn1. The molecule has 0 atom stereocenters. The summed E-state index contributed by atoms with van der Waals surface area (Å²) in [6.07, 6.45) is 1.37. The number of imide groups is 1. The van der Waals surface area contributed by atoms with Crippen molar-refractivity contribution < 1.29 is 23.5 Å². The van der Waals surface area contributed by atoms with E-state index in [9.17, 15) is 18.8 Å². The summed E-state index contributed by atoms with van der Waals surface area (Å²) in [5.41, 5.74) is 0.983. The highest BCUT2D eigenvalue weighted by Crippen LogP contribution is 2.27. The second-order valence-electron chi connectivity index (χ2n) is 7.05. The Labute approximate surface area is 188 Å². The number of pyridine rings is 1. The van der Waals surface area contributed by atoms with Crippen LogP contribution < -0.4 is 20.3 Å². The third-order valence-corrected chi connectivity index (χ3v) is 4.92. The standard InChI is InChI=1S/C23H20FN5O4/c1-25-21(30)19-14-17(9-10-26-19)33-20-8-7-15(13-18(20)24)27-22(31)29-12-11-28(23(29)32)16-5-3-2-4-6-16/h2-10,13-14H,11-12H2,1H3,(H,25,30)(H,27,31). The molecule has 0 aliphatic carbocycles. The molecule has 10 heteroatoms. The van der Waals surface area contributed by atoms with Crippen LogP contribution in [0.25, 0.3) is 0 Å². The van der Waals surface area contributed by atoms with Gasteiger partial charge in [-0.2, -0.15) is 0 Å². The van der Waals surface area contributed by atoms with Gasteiger partial charge in [0.15, 0.2) is 11.6 Å². The Hall–Kier alpha value is -4.47. The molecule has 0 spiro atoms. The van der Waals surface area contributed by atoms with Crippen LogP contribution in [0, 0.1) is 5.82 Å². The molecule has 0 saturated carbocycles. The Morgan fingerprint density at radius 1 is 1.06 bits per heavy atom. The van der Waals surface area contributed by atoms with Crippen molar-refractivity contribution in [3.63, 3.8) is 0 Å². The van der Waals surface area contributed by atoms with E-state index >= 15 is 0 Å². The highest BCUT2D eigenvalue weighted by Gasteiger charge is 2.34. The van der Waals surface area contributed by atoms with Crippen LogP contribution in [0.3, 0.4) is 0 Å². The van der Waals surface area contributed by atoms with Crippen LogP contribution in [0.15, 0.2) is 66.9 Å². The molecule has 1 fully saturated rings. The predicted octanol–water partition coefficient (Wildman–Crippen LogP) is 3.85. The fraction of sp³-hybridized carbons (Fsp3) is 0.130. The topological polar surface area (TPSA) is 104 Å². The second kappa shape index (κ2) is 9.35. The minimum atomic E-state index is -0.732. The molecule has 1 aromatic heterocycles. The molecule has 2 N–H and O–H groups in total. The fourth-order valence-electron chi connectivity index (χ4n) is 3.28. The summed E-state index contributed by atoms with van der Waals surface area (Å²) >= 11 is 0. The first-order chi connectivity index (χ1) is 16.0. The summed E-state index contributed by atoms with van der Waals surface area (Å²) < 4.78 is 20.1. The van der Waals surface area contributed by atoms with Gasteiger partial charge < -0.3 is 15.4 Å². The van der Waals surface area contributed by atoms with Crippen molar-refractivity contribution in [3.8, 4) is 11.5 Å². The van der Waals surface area contributed by atoms with Crippen molar-refractivity contribution in [2.75, 3.05) is 30.4 Å². The number of carbonyl (C=O) groups is 3. The summed E-state index contributed by atoms with van der Waals surface area (Å²) in [4.78, 5) is 43.4. The average molecular weight is 449 g/mol. The number of ether oxygens (including phenoxy) is 1. The molecule has 0 unspecified atom stereocenters. The number of halogens is 1. The van der Waals surface area contributed by atoms with E-state index in [0.29, 0.717) is 12.2 Å². The lowest BCUT2D eigenvalue weighted by atomic mass is 10.2. The number of para-hydroxylation sites is 1. The van der Waals surface area contributed by atoms with Gasteiger partial charge in [-0.15, -0.1) is 0 Å². The molecule has 2 aromatic carbocycles. The molecule has 4 rings (SSSR count). The zero-order valence-corrected chi connectivity index (χ0v) is 17.6. The Bertz CT molecular complexity index is 1200. The highest BCUT2D eigenvalue weighted by atomic mass is 19.1. The van der Waals surface area contributed by atoms with Crippen molar-refractivity contribution >= 4 is 29.3 Å². The van der Waals surface area contributed by atoms with E-state index in [-0.39, 0.29) is 29.4 Å². The van der Waals surface area contributed by atoms with E-state index in [1.54, 1.807) is 12.1 Å². The molecular weight excluding hydrogens is 429 g/mol. The number of carbonyl (C=O) groups excluding carboxylic acids is 3. The Morgan fingerprint density at radius 3 is 2.58 bits per heavy atom. The number of amides is 5. The van der Waals surface area contributed by atoms with Crippen LogP contribution in [-0.4, -0.2) is 48.0 Å². The number of nitrogens with one attached hydrogen (secondary N) is 2. The molecule has 1 aliphatic heterocycles. The smallest absolute Gasteiger partial charge is 0.332 e. The lowest BCUT2D eigenvalue weighted by molar-refractivity contribution is 0.0957. The lowest BCUT2D eigenvalue weighted by Gasteiger charge is -2.18. The number of benzene rings is 2. The molecule has 2 heterocycles. The van der Waals surface area contributed by atoms with Crippen LogP contribution in [0.5, 0.6) is 11.5 Å². The zero-order chi connectivity index (χ0) is 23.4. The van der Waals surface area contributed by atoms with Crippen LogP contribution in [0.4, 0.5) is 25.4 Å². The van der Waals surface area contributed by atoms with Gasteiger partial charge in [-0.1, -0.05) is 18.2 Å². The zero-order valence-electron chi connectivity index (χ0n) is 17.6. The van der Waals surface area contributed by atoms with Crippen molar-refractivity contribution in [3.05, 3.63) is 78.4 Å². The largest absolute Gasteiger partial charge is 0.454 e. The van der Waals surface area contributed by atoms with Gasteiger partial charge in [0, 0.05) is 43.3 Å². The third kappa shape index (κ3) is 4.74. The van der Waals surface area contributed by atoms with Gasteiger partial charge in [0.1, 0.15) is 11.4 Å². The maximum atomic E-state index is 14.6. The molecule has 9 nitrogen and oxygen atoms in total. The molecule has 0 bridgehead atoms. The minimum absolute atomic E-state index is 0.102. The van der Waals surface area contributed by atoms with Crippen LogP contribution >= 0.6 is 0 Å². The monoisotopic (exact) mass is 449 g/mol.